The molecule has 0 aliphatic carbocycles. The molecule has 110 valence electrons. The Morgan fingerprint density at radius 3 is 2.80 bits per heavy atom. The van der Waals surface area contributed by atoms with E-state index in [9.17, 15) is 4.79 Å². The number of nitrogens with zero attached hydrogens (tertiary/aromatic N) is 1. The second-order valence-corrected chi connectivity index (χ2v) is 6.26. The summed E-state index contributed by atoms with van der Waals surface area (Å²) in [6.45, 7) is 7.53. The van der Waals surface area contributed by atoms with Crippen molar-refractivity contribution in [2.75, 3.05) is 18.9 Å². The lowest BCUT2D eigenvalue weighted by Crippen LogP contribution is -2.36. The maximum Gasteiger partial charge on any atom is 0.254 e. The highest BCUT2D eigenvalue weighted by Gasteiger charge is 2.23. The standard InChI is InChI=1S/C17H26N2O/c1-12(2)11-13(3)19(4)17(20)15-7-5-9-16-14(15)8-6-10-18-16/h5,7,9,12-13,18H,6,8,10-11H2,1-4H3. The van der Waals surface area contributed by atoms with Crippen LogP contribution in [0.25, 0.3) is 0 Å². The minimum absolute atomic E-state index is 0.152. The number of carbonyl (C=O) groups excluding carboxylic acids is 1. The Labute approximate surface area is 122 Å². The Kier molecular flexibility index (Phi) is 4.69. The fourth-order valence-corrected chi connectivity index (χ4v) is 2.94. The van der Waals surface area contributed by atoms with Gasteiger partial charge in [-0.05, 0) is 49.8 Å². The number of anilines is 1. The highest BCUT2D eigenvalue weighted by molar-refractivity contribution is 5.97. The van der Waals surface area contributed by atoms with E-state index in [1.807, 2.05) is 24.1 Å². The van der Waals surface area contributed by atoms with Gasteiger partial charge in [-0.3, -0.25) is 4.79 Å². The molecule has 0 spiro atoms. The molecule has 1 atom stereocenters. The fourth-order valence-electron chi connectivity index (χ4n) is 2.94. The summed E-state index contributed by atoms with van der Waals surface area (Å²) >= 11 is 0. The first-order chi connectivity index (χ1) is 9.50. The third kappa shape index (κ3) is 3.14. The minimum Gasteiger partial charge on any atom is -0.385 e. The molecule has 0 aromatic heterocycles. The molecule has 0 radical (unpaired) electrons. The molecule has 0 fully saturated rings. The number of rotatable bonds is 4. The molecule has 0 saturated carbocycles. The average Bonchev–Trinajstić information content (AvgIpc) is 2.44. The summed E-state index contributed by atoms with van der Waals surface area (Å²) in [6.07, 6.45) is 3.13. The fraction of sp³-hybridized carbons (Fsp3) is 0.588. The minimum atomic E-state index is 0.152. The summed E-state index contributed by atoms with van der Waals surface area (Å²) in [7, 11) is 1.92. The van der Waals surface area contributed by atoms with Gasteiger partial charge in [0.05, 0.1) is 0 Å². The van der Waals surface area contributed by atoms with Gasteiger partial charge in [-0.25, -0.2) is 0 Å². The predicted molar refractivity (Wildman–Crippen MR) is 84.3 cm³/mol. The van der Waals surface area contributed by atoms with Crippen molar-refractivity contribution in [1.82, 2.24) is 4.90 Å². The van der Waals surface area contributed by atoms with Crippen molar-refractivity contribution in [3.05, 3.63) is 29.3 Å². The van der Waals surface area contributed by atoms with Crippen molar-refractivity contribution in [1.29, 1.82) is 0 Å². The van der Waals surface area contributed by atoms with Crippen LogP contribution in [0.3, 0.4) is 0 Å². The predicted octanol–water partition coefficient (Wildman–Crippen LogP) is 3.55. The molecule has 1 aliphatic rings. The van der Waals surface area contributed by atoms with Crippen LogP contribution in [-0.4, -0.2) is 30.4 Å². The number of carbonyl (C=O) groups is 1. The number of hydrogen-bond acceptors (Lipinski definition) is 2. The van der Waals surface area contributed by atoms with Gasteiger partial charge in [-0.2, -0.15) is 0 Å². The summed E-state index contributed by atoms with van der Waals surface area (Å²) in [5.41, 5.74) is 3.19. The molecule has 1 aromatic rings. The first kappa shape index (κ1) is 14.9. The van der Waals surface area contributed by atoms with Gasteiger partial charge in [0.15, 0.2) is 0 Å². The third-order valence-electron chi connectivity index (χ3n) is 4.12. The van der Waals surface area contributed by atoms with E-state index in [1.54, 1.807) is 0 Å². The second kappa shape index (κ2) is 6.29. The Hall–Kier alpha value is -1.51. The number of amides is 1. The molecule has 1 N–H and O–H groups in total. The van der Waals surface area contributed by atoms with E-state index in [2.05, 4.69) is 32.2 Å². The quantitative estimate of drug-likeness (QED) is 0.910. The summed E-state index contributed by atoms with van der Waals surface area (Å²) in [6, 6.07) is 6.29. The van der Waals surface area contributed by atoms with E-state index in [0.717, 1.165) is 37.1 Å². The lowest BCUT2D eigenvalue weighted by Gasteiger charge is -2.28. The van der Waals surface area contributed by atoms with E-state index >= 15 is 0 Å². The van der Waals surface area contributed by atoms with Crippen molar-refractivity contribution in [2.45, 2.75) is 46.1 Å². The SMILES string of the molecule is CC(C)CC(C)N(C)C(=O)c1cccc2c1CCCN2. The lowest BCUT2D eigenvalue weighted by atomic mass is 9.96. The number of nitrogens with one attached hydrogen (secondary N) is 1. The van der Waals surface area contributed by atoms with Crippen LogP contribution >= 0.6 is 0 Å². The van der Waals surface area contributed by atoms with E-state index in [4.69, 9.17) is 0 Å². The zero-order valence-electron chi connectivity index (χ0n) is 13.1. The van der Waals surface area contributed by atoms with Gasteiger partial charge >= 0.3 is 0 Å². The highest BCUT2D eigenvalue weighted by Crippen LogP contribution is 2.26. The third-order valence-corrected chi connectivity index (χ3v) is 4.12. The highest BCUT2D eigenvalue weighted by atomic mass is 16.2. The van der Waals surface area contributed by atoms with Crippen molar-refractivity contribution in [3.8, 4) is 0 Å². The Balaban J connectivity index is 2.21. The smallest absolute Gasteiger partial charge is 0.254 e. The van der Waals surface area contributed by atoms with Crippen LogP contribution in [0.2, 0.25) is 0 Å². The van der Waals surface area contributed by atoms with Gasteiger partial charge in [0.1, 0.15) is 0 Å². The van der Waals surface area contributed by atoms with Crippen LogP contribution in [0.15, 0.2) is 18.2 Å². The monoisotopic (exact) mass is 274 g/mol. The van der Waals surface area contributed by atoms with Crippen molar-refractivity contribution in [2.24, 2.45) is 5.92 Å². The number of benzene rings is 1. The molecule has 20 heavy (non-hydrogen) atoms. The van der Waals surface area contributed by atoms with E-state index in [-0.39, 0.29) is 11.9 Å². The van der Waals surface area contributed by atoms with Gasteiger partial charge in [-0.15, -0.1) is 0 Å². The molecule has 3 heteroatoms. The van der Waals surface area contributed by atoms with E-state index in [1.165, 1.54) is 5.56 Å². The molecule has 2 rings (SSSR count). The summed E-state index contributed by atoms with van der Waals surface area (Å²) in [4.78, 5) is 14.6. The zero-order chi connectivity index (χ0) is 14.7. The number of hydrogen-bond donors (Lipinski definition) is 1. The van der Waals surface area contributed by atoms with E-state index < -0.39 is 0 Å². The van der Waals surface area contributed by atoms with Crippen LogP contribution in [0, 0.1) is 5.92 Å². The second-order valence-electron chi connectivity index (χ2n) is 6.26. The molecular formula is C17H26N2O. The average molecular weight is 274 g/mol. The largest absolute Gasteiger partial charge is 0.385 e. The van der Waals surface area contributed by atoms with Crippen LogP contribution in [-0.2, 0) is 6.42 Å². The maximum atomic E-state index is 12.7. The topological polar surface area (TPSA) is 32.3 Å². The molecule has 1 unspecified atom stereocenters. The summed E-state index contributed by atoms with van der Waals surface area (Å²) in [5, 5.41) is 3.39. The molecule has 1 heterocycles. The van der Waals surface area contributed by atoms with Gasteiger partial charge in [-0.1, -0.05) is 19.9 Å². The van der Waals surface area contributed by atoms with Crippen molar-refractivity contribution in [3.63, 3.8) is 0 Å². The maximum absolute atomic E-state index is 12.7. The first-order valence-electron chi connectivity index (χ1n) is 7.63. The van der Waals surface area contributed by atoms with Crippen LogP contribution in [0.4, 0.5) is 5.69 Å². The van der Waals surface area contributed by atoms with Crippen LogP contribution in [0.1, 0.15) is 49.5 Å². The molecular weight excluding hydrogens is 248 g/mol. The molecule has 0 bridgehead atoms. The zero-order valence-corrected chi connectivity index (χ0v) is 13.1. The van der Waals surface area contributed by atoms with Gasteiger partial charge in [0, 0.05) is 30.9 Å². The molecule has 1 aliphatic heterocycles. The molecule has 3 nitrogen and oxygen atoms in total. The van der Waals surface area contributed by atoms with Gasteiger partial charge < -0.3 is 10.2 Å². The van der Waals surface area contributed by atoms with Crippen LogP contribution < -0.4 is 5.32 Å². The molecule has 0 saturated heterocycles. The van der Waals surface area contributed by atoms with Gasteiger partial charge in [0.2, 0.25) is 0 Å². The van der Waals surface area contributed by atoms with Crippen molar-refractivity contribution >= 4 is 11.6 Å². The normalized spacial score (nSPS) is 15.4. The Morgan fingerprint density at radius 1 is 1.35 bits per heavy atom. The lowest BCUT2D eigenvalue weighted by molar-refractivity contribution is 0.0727. The van der Waals surface area contributed by atoms with Gasteiger partial charge in [0.25, 0.3) is 5.91 Å². The number of fused-ring (bicyclic) bond motifs is 1. The van der Waals surface area contributed by atoms with Crippen LogP contribution in [0.5, 0.6) is 0 Å². The Bertz CT molecular complexity index is 482. The summed E-state index contributed by atoms with van der Waals surface area (Å²) in [5.74, 6) is 0.755. The van der Waals surface area contributed by atoms with Crippen molar-refractivity contribution < 1.29 is 4.79 Å². The first-order valence-corrected chi connectivity index (χ1v) is 7.63. The Morgan fingerprint density at radius 2 is 2.10 bits per heavy atom. The van der Waals surface area contributed by atoms with E-state index in [0.29, 0.717) is 5.92 Å². The summed E-state index contributed by atoms with van der Waals surface area (Å²) < 4.78 is 0. The molecule has 1 aromatic carbocycles. The molecule has 1 amide bonds.